The maximum absolute atomic E-state index is 2.60. The Kier molecular flexibility index (Phi) is 18.5. The topological polar surface area (TPSA) is 31.0 Å². The van der Waals surface area contributed by atoms with E-state index < -0.39 is 38.0 Å². The number of pyridine rings is 8. The van der Waals surface area contributed by atoms with Crippen molar-refractivity contribution in [2.24, 2.45) is 5.92 Å². The summed E-state index contributed by atoms with van der Waals surface area (Å²) < 4.78 is 20.3. The summed E-state index contributed by atoms with van der Waals surface area (Å²) in [6.07, 6.45) is 20.1. The van der Waals surface area contributed by atoms with Gasteiger partial charge in [-0.25, -0.2) is 0 Å². The SMILES string of the molecule is CC(C)Cc1cc2[n+](cc1[Si](C)(C)C)C1(c3ccccc3-c3cccc[n+]31)c1ccccc1-2.C[Si](C)(C)c1c[n+]2c(cc1-c1ccccc1)-c1ccccc1C21c2ccccc2-c2cccc[n+]21.Cc1cc2[n+](cc1[Si](C)(C)C)C1(c3ccccc3-c3cccc[n+]31)c1ccccc1-2.Cc1cc2[n+](cc1[Si](C)(C)C)C1(c3ccccc3-c3cccc[n+]31)c1ccccc1-2. The van der Waals surface area contributed by atoms with Crippen LogP contribution in [0.5, 0.6) is 0 Å². The van der Waals surface area contributed by atoms with Crippen molar-refractivity contribution in [1.29, 1.82) is 0 Å². The van der Waals surface area contributed by atoms with Crippen molar-refractivity contribution in [1.82, 2.24) is 0 Å². The minimum Gasteiger partial charge on any atom is -0.126 e. The van der Waals surface area contributed by atoms with E-state index >= 15 is 0 Å². The van der Waals surface area contributed by atoms with Crippen molar-refractivity contribution in [3.63, 3.8) is 0 Å². The van der Waals surface area contributed by atoms with E-state index in [0.29, 0.717) is 5.92 Å². The fourth-order valence-electron chi connectivity index (χ4n) is 23.6. The molecule has 4 unspecified atom stereocenters. The average molecular weight is 1730 g/mol. The standard InChI is InChI=1S/C32H28N2Si.C30H32N2Si.2C27H26N2Si/c1-35(2,3)31-22-34-30(21-26(31)23-13-5-4-6-14-23)25-16-8-10-18-28(25)32(34)27-17-9-7-15-24(27)29-19-11-12-20-33(29)32;1-21(2)18-22-19-28-24-13-7-9-15-26(24)30(32(28)20-29(22)33(3,4)5)25-14-8-6-12-23(25)27-16-10-11-17-31(27)30;2*1-19-17-25-21-12-6-8-14-23(21)27(29(25)18-26(19)30(2,3)4)22-13-7-5-11-20(22)24-15-9-10-16-28(24)27/h4-22H,1-3H3;6-17,19-21H,18H2,1-5H3;2*5-18H,1-4H3/q4*+2. The molecule has 8 aromatic heterocycles. The summed E-state index contributed by atoms with van der Waals surface area (Å²) in [4.78, 5) is 0. The molecular formula is C116H112N8Si4+8. The highest BCUT2D eigenvalue weighted by Gasteiger charge is 2.71. The maximum Gasteiger partial charge on any atom is 0.417 e. The van der Waals surface area contributed by atoms with Gasteiger partial charge in [-0.2, -0.15) is 0 Å². The lowest BCUT2D eigenvalue weighted by molar-refractivity contribution is -0.955. The zero-order chi connectivity index (χ0) is 88.1. The Morgan fingerprint density at radius 2 is 0.445 bits per heavy atom. The fraction of sp³-hybridized carbons (Fsp3) is 0.190. The average Bonchev–Trinajstić information content (AvgIpc) is 1.53. The van der Waals surface area contributed by atoms with Crippen LogP contribution in [0.3, 0.4) is 0 Å². The van der Waals surface area contributed by atoms with Crippen LogP contribution >= 0.6 is 0 Å². The lowest BCUT2D eigenvalue weighted by Gasteiger charge is -2.23. The Labute approximate surface area is 758 Å². The van der Waals surface area contributed by atoms with E-state index in [0.717, 1.165) is 6.42 Å². The molecular weight excluding hydrogens is 1620 g/mol. The molecule has 0 radical (unpaired) electrons. The van der Waals surface area contributed by atoms with E-state index in [9.17, 15) is 0 Å². The Morgan fingerprint density at radius 1 is 0.219 bits per heavy atom. The van der Waals surface area contributed by atoms with E-state index in [4.69, 9.17) is 0 Å². The first-order valence-electron chi connectivity index (χ1n) is 46.0. The summed E-state index contributed by atoms with van der Waals surface area (Å²) in [5.41, 5.74) is 37.3. The molecule has 624 valence electrons. The van der Waals surface area contributed by atoms with Crippen LogP contribution in [0.4, 0.5) is 0 Å². The fourth-order valence-corrected chi connectivity index (χ4v) is 30.4. The summed E-state index contributed by atoms with van der Waals surface area (Å²) in [6, 6.07) is 119. The van der Waals surface area contributed by atoms with Gasteiger partial charge in [-0.1, -0.05) is 220 Å². The van der Waals surface area contributed by atoms with Crippen molar-refractivity contribution in [2.75, 3.05) is 0 Å². The van der Waals surface area contributed by atoms with Crippen LogP contribution in [-0.2, 0) is 29.1 Å². The highest BCUT2D eigenvalue weighted by Crippen LogP contribution is 2.53. The first kappa shape index (κ1) is 80.8. The van der Waals surface area contributed by atoms with Crippen LogP contribution in [0.2, 0.25) is 78.6 Å². The van der Waals surface area contributed by atoms with Gasteiger partial charge in [0.15, 0.2) is 49.6 Å². The third-order valence-corrected chi connectivity index (χ3v) is 37.0. The lowest BCUT2D eigenvalue weighted by atomic mass is 9.90. The largest absolute Gasteiger partial charge is 0.417 e. The molecule has 0 saturated heterocycles. The van der Waals surface area contributed by atoms with E-state index in [1.165, 1.54) is 178 Å². The molecule has 4 atom stereocenters. The molecule has 0 N–H and O–H groups in total. The monoisotopic (exact) mass is 1730 g/mol. The molecule has 17 aromatic rings. The molecule has 8 aliphatic heterocycles. The van der Waals surface area contributed by atoms with Gasteiger partial charge in [0.1, 0.15) is 44.5 Å². The molecule has 16 heterocycles. The summed E-state index contributed by atoms with van der Waals surface area (Å²) in [7, 11) is -6.27. The summed E-state index contributed by atoms with van der Waals surface area (Å²) in [5.74, 6) is 0.635. The Balaban J connectivity index is 0.000000101. The van der Waals surface area contributed by atoms with Gasteiger partial charge in [0.25, 0.3) is 0 Å². The minimum atomic E-state index is -1.69. The summed E-state index contributed by atoms with van der Waals surface area (Å²) in [6.45, 7) is 38.7. The van der Waals surface area contributed by atoms with Crippen LogP contribution in [-0.4, -0.2) is 32.3 Å². The molecule has 0 amide bonds. The molecule has 8 aliphatic rings. The molecule has 128 heavy (non-hydrogen) atoms. The van der Waals surface area contributed by atoms with Gasteiger partial charge >= 0.3 is 22.7 Å². The van der Waals surface area contributed by atoms with Crippen LogP contribution in [0.25, 0.3) is 101 Å². The zero-order valence-electron chi connectivity index (χ0n) is 76.6. The number of benzene rings is 9. The van der Waals surface area contributed by atoms with Crippen LogP contribution in [0.15, 0.2) is 371 Å². The quantitative estimate of drug-likeness (QED) is 0.112. The number of rotatable bonds is 7. The second kappa shape index (κ2) is 29.3. The molecule has 0 bridgehead atoms. The van der Waals surface area contributed by atoms with Gasteiger partial charge in [-0.05, 0) is 175 Å². The minimum absolute atomic E-state index is 0.374. The van der Waals surface area contributed by atoms with E-state index in [2.05, 4.69) is 514 Å². The van der Waals surface area contributed by atoms with Gasteiger partial charge in [-0.15, -0.1) is 36.5 Å². The summed E-state index contributed by atoms with van der Waals surface area (Å²) in [5, 5.41) is 6.12. The van der Waals surface area contributed by atoms with Crippen LogP contribution < -0.4 is 57.3 Å². The van der Waals surface area contributed by atoms with Crippen LogP contribution in [0, 0.1) is 19.8 Å². The number of aryl methyl sites for hydroxylation is 2. The van der Waals surface area contributed by atoms with Gasteiger partial charge in [0.2, 0.25) is 45.6 Å². The molecule has 0 aliphatic carbocycles. The van der Waals surface area contributed by atoms with Crippen molar-refractivity contribution in [3.05, 3.63) is 432 Å². The highest BCUT2D eigenvalue weighted by molar-refractivity contribution is 6.90. The van der Waals surface area contributed by atoms with Crippen molar-refractivity contribution < 1.29 is 36.5 Å². The van der Waals surface area contributed by atoms with E-state index in [1.54, 1.807) is 5.19 Å². The van der Waals surface area contributed by atoms with Gasteiger partial charge < -0.3 is 0 Å². The zero-order valence-corrected chi connectivity index (χ0v) is 80.6. The molecule has 0 saturated carbocycles. The molecule has 8 nitrogen and oxygen atoms in total. The third kappa shape index (κ3) is 11.5. The smallest absolute Gasteiger partial charge is 0.126 e. The lowest BCUT2D eigenvalue weighted by Crippen LogP contribution is -2.72. The van der Waals surface area contributed by atoms with Gasteiger partial charge in [0, 0.05) is 93.5 Å². The van der Waals surface area contributed by atoms with Gasteiger partial charge in [0.05, 0.1) is 76.8 Å². The second-order valence-electron chi connectivity index (χ2n) is 40.9. The second-order valence-corrected chi connectivity index (χ2v) is 61.1. The third-order valence-electron chi connectivity index (χ3n) is 28.7. The number of hydrogen-bond acceptors (Lipinski definition) is 0. The van der Waals surface area contributed by atoms with Crippen molar-refractivity contribution in [3.8, 4) is 101 Å². The number of aromatic nitrogens is 8. The Bertz CT molecular complexity index is 7110. The molecule has 4 spiro atoms. The number of nitrogens with zero attached hydrogens (tertiary/aromatic N) is 8. The van der Waals surface area contributed by atoms with Crippen molar-refractivity contribution in [2.45, 2.75) is 135 Å². The molecule has 0 fully saturated rings. The maximum atomic E-state index is 2.60. The Morgan fingerprint density at radius 3 is 0.719 bits per heavy atom. The molecule has 12 heteroatoms. The first-order chi connectivity index (χ1) is 61.7. The highest BCUT2D eigenvalue weighted by atomic mass is 28.3. The first-order valence-corrected chi connectivity index (χ1v) is 60.0. The van der Waals surface area contributed by atoms with Crippen molar-refractivity contribution >= 4 is 53.0 Å². The van der Waals surface area contributed by atoms with Crippen LogP contribution in [0.1, 0.15) is 75.0 Å². The van der Waals surface area contributed by atoms with Gasteiger partial charge in [-0.3, -0.25) is 0 Å². The predicted octanol–water partition coefficient (Wildman–Crippen LogP) is 19.7. The Hall–Kier alpha value is -13.0. The summed E-state index contributed by atoms with van der Waals surface area (Å²) >= 11 is 0. The van der Waals surface area contributed by atoms with E-state index in [-0.39, 0.29) is 17.0 Å². The molecule has 9 aromatic carbocycles. The van der Waals surface area contributed by atoms with E-state index in [1.807, 2.05) is 0 Å². The molecule has 25 rings (SSSR count). The number of fused-ring (bicyclic) bond motifs is 40. The normalized spacial score (nSPS) is 17.8. The predicted molar refractivity (Wildman–Crippen MR) is 528 cm³/mol. The number of hydrogen-bond donors (Lipinski definition) is 0.